The minimum absolute atomic E-state index is 0.171. The Bertz CT molecular complexity index is 3190. The fourth-order valence-corrected chi connectivity index (χ4v) is 16.7. The zero-order valence-electron chi connectivity index (χ0n) is 47.7. The Labute approximate surface area is 460 Å². The highest BCUT2D eigenvalue weighted by Crippen LogP contribution is 2.58. The molecular formula is C65H77IN6O3. The topological polar surface area (TPSA) is 105 Å². The van der Waals surface area contributed by atoms with Crippen LogP contribution in [-0.2, 0) is 71.0 Å². The monoisotopic (exact) mass is 1120 g/mol. The SMILES string of the molecule is CC1=C[C@]2(C)c3nn(C)c(-c4ccccc4)c3CC[C@H]2C(C)(C)C1=O.Cn1nc2c(c1-c1ccccc1)CC[C@H]1C(C)(C)C(=O)C(I)=C[C@]21C.Cn1nc2c(c1-c1ccccc1)CC[C@H]1C(C)(C)C(=O)C=C[C@]21C.[3H]C. The maximum absolute atomic E-state index is 12.8. The Morgan fingerprint density at radius 3 is 1.23 bits per heavy atom. The Hall–Kier alpha value is -5.75. The number of carbonyl (C=O) groups excluding carboxylic acids is 3. The lowest BCUT2D eigenvalue weighted by atomic mass is 9.52. The van der Waals surface area contributed by atoms with E-state index >= 15 is 0 Å². The van der Waals surface area contributed by atoms with Gasteiger partial charge < -0.3 is 0 Å². The molecule has 6 aromatic rings. The summed E-state index contributed by atoms with van der Waals surface area (Å²) in [6.45, 7) is 21.4. The van der Waals surface area contributed by atoms with E-state index in [1.165, 1.54) is 57.9 Å². The third-order valence-corrected chi connectivity index (χ3v) is 19.6. The van der Waals surface area contributed by atoms with E-state index in [1.54, 1.807) is 6.08 Å². The zero-order valence-corrected chi connectivity index (χ0v) is 48.9. The van der Waals surface area contributed by atoms with Gasteiger partial charge in [0.1, 0.15) is 0 Å². The molecule has 0 unspecified atom stereocenters. The molecule has 0 radical (unpaired) electrons. The molecule has 6 aliphatic carbocycles. The van der Waals surface area contributed by atoms with E-state index in [0.29, 0.717) is 11.8 Å². The van der Waals surface area contributed by atoms with Gasteiger partial charge in [0, 0.05) is 88.4 Å². The quantitative estimate of drug-likeness (QED) is 0.164. The van der Waals surface area contributed by atoms with Crippen molar-refractivity contribution in [3.8, 4) is 33.8 Å². The van der Waals surface area contributed by atoms with E-state index in [-0.39, 0.29) is 55.8 Å². The van der Waals surface area contributed by atoms with Crippen LogP contribution in [0.1, 0.15) is 131 Å². The lowest BCUT2D eigenvalue weighted by molar-refractivity contribution is -0.129. The van der Waals surface area contributed by atoms with E-state index in [0.717, 1.165) is 64.8 Å². The van der Waals surface area contributed by atoms with E-state index in [4.69, 9.17) is 16.7 Å². The molecule has 75 heavy (non-hydrogen) atoms. The molecule has 12 rings (SSSR count). The number of ketones is 3. The van der Waals surface area contributed by atoms with Gasteiger partial charge in [-0.3, -0.25) is 28.4 Å². The summed E-state index contributed by atoms with van der Waals surface area (Å²) in [5.74, 6) is 1.69. The number of nitrogens with zero attached hydrogens (tertiary/aromatic N) is 6. The van der Waals surface area contributed by atoms with Gasteiger partial charge in [-0.25, -0.2) is 0 Å². The summed E-state index contributed by atoms with van der Waals surface area (Å²) in [6.07, 6.45) is 14.3. The largest absolute Gasteiger partial charge is 0.294 e. The molecule has 0 bridgehead atoms. The van der Waals surface area contributed by atoms with Gasteiger partial charge in [-0.2, -0.15) is 15.3 Å². The Balaban J connectivity index is 0.000000137. The molecular weight excluding hydrogens is 1040 g/mol. The Morgan fingerprint density at radius 2 is 0.840 bits per heavy atom. The van der Waals surface area contributed by atoms with Crippen molar-refractivity contribution in [2.75, 3.05) is 0 Å². The van der Waals surface area contributed by atoms with Gasteiger partial charge in [0.2, 0.25) is 0 Å². The number of fused-ring (bicyclic) bond motifs is 9. The number of hydrogen-bond donors (Lipinski definition) is 0. The molecule has 0 saturated heterocycles. The molecule has 6 atom stereocenters. The summed E-state index contributed by atoms with van der Waals surface area (Å²) in [5, 5.41) is 14.9. The van der Waals surface area contributed by atoms with Crippen LogP contribution in [-0.4, -0.2) is 46.7 Å². The van der Waals surface area contributed by atoms with Crippen molar-refractivity contribution in [3.63, 3.8) is 0 Å². The second kappa shape index (κ2) is 19.1. The number of Topliss-reactive ketones (excluding diaryl/α,β-unsaturated/α-hetero) is 2. The molecule has 0 N–H and O–H groups in total. The smallest absolute Gasteiger partial charge is 0.174 e. The van der Waals surface area contributed by atoms with E-state index < -0.39 is 0 Å². The van der Waals surface area contributed by atoms with Crippen LogP contribution in [0.5, 0.6) is 0 Å². The van der Waals surface area contributed by atoms with Gasteiger partial charge in [0.15, 0.2) is 17.3 Å². The first-order valence-electron chi connectivity index (χ1n) is 27.6. The first-order valence-corrected chi connectivity index (χ1v) is 27.7. The molecule has 10 heteroatoms. The summed E-state index contributed by atoms with van der Waals surface area (Å²) in [7, 11) is 7.35. The second-order valence-corrected chi connectivity index (χ2v) is 25.6. The molecule has 0 amide bonds. The van der Waals surface area contributed by atoms with Crippen LogP contribution in [0.25, 0.3) is 33.8 Å². The van der Waals surface area contributed by atoms with Crippen molar-refractivity contribution >= 4 is 39.9 Å². The molecule has 0 spiro atoms. The number of rotatable bonds is 3. The molecule has 3 aromatic heterocycles. The predicted octanol–water partition coefficient (Wildman–Crippen LogP) is 14.0. The van der Waals surface area contributed by atoms with Gasteiger partial charge in [-0.05, 0) is 97.4 Å². The van der Waals surface area contributed by atoms with Gasteiger partial charge in [-0.1, -0.05) is 179 Å². The maximum atomic E-state index is 12.8. The Kier molecular flexibility index (Phi) is 13.4. The van der Waals surface area contributed by atoms with Crippen molar-refractivity contribution in [3.05, 3.63) is 158 Å². The third-order valence-electron chi connectivity index (χ3n) is 18.8. The van der Waals surface area contributed by atoms with E-state index in [1.807, 2.05) is 60.3 Å². The van der Waals surface area contributed by atoms with E-state index in [9.17, 15) is 14.4 Å². The number of aryl methyl sites for hydroxylation is 3. The number of halogens is 1. The lowest BCUT2D eigenvalue weighted by Crippen LogP contribution is -2.50. The summed E-state index contributed by atoms with van der Waals surface area (Å²) in [4.78, 5) is 37.9. The molecule has 9 nitrogen and oxygen atoms in total. The third kappa shape index (κ3) is 8.36. The zero-order chi connectivity index (χ0) is 55.1. The van der Waals surface area contributed by atoms with Crippen LogP contribution in [0.3, 0.4) is 0 Å². The summed E-state index contributed by atoms with van der Waals surface area (Å²) < 4.78 is 12.7. The van der Waals surface area contributed by atoms with Crippen LogP contribution in [0.4, 0.5) is 0 Å². The van der Waals surface area contributed by atoms with Crippen molar-refractivity contribution in [1.82, 2.24) is 29.3 Å². The highest BCUT2D eigenvalue weighted by molar-refractivity contribution is 14.1. The van der Waals surface area contributed by atoms with Crippen LogP contribution >= 0.6 is 22.6 Å². The van der Waals surface area contributed by atoms with Crippen LogP contribution < -0.4 is 0 Å². The average molecular weight is 1120 g/mol. The molecule has 392 valence electrons. The number of aromatic nitrogens is 6. The van der Waals surface area contributed by atoms with Crippen molar-refractivity contribution in [2.24, 2.45) is 55.1 Å². The summed E-state index contributed by atoms with van der Waals surface area (Å²) in [6, 6.07) is 31.5. The van der Waals surface area contributed by atoms with Crippen molar-refractivity contribution < 1.29 is 15.8 Å². The van der Waals surface area contributed by atoms with E-state index in [2.05, 4.69) is 176 Å². The normalized spacial score (nSPS) is 27.3. The fourth-order valence-electron chi connectivity index (χ4n) is 15.3. The number of carbonyl (C=O) groups is 3. The first kappa shape index (κ1) is 52.7. The highest BCUT2D eigenvalue weighted by Gasteiger charge is 2.57. The van der Waals surface area contributed by atoms with Gasteiger partial charge in [0.25, 0.3) is 0 Å². The molecule has 6 aliphatic rings. The summed E-state index contributed by atoms with van der Waals surface area (Å²) >= 11 is 2.21. The standard InChI is InChI=1S/C22H26N2O.C21H23IN2O.C21H24N2O.CH4/c1-14-13-22(4)17(21(2,3)20(14)25)12-11-16-18(24(5)23-19(16)22)15-9-7-6-8-10-15;1-20(2)16-11-10-14-17(13-8-6-5-7-9-13)24(4)23-18(14)21(16,3)12-15(22)19(20)25;1-20(2)16-11-10-15-18(14-8-6-5-7-9-14)23(4)22-19(15)21(16,3)13-12-17(20)24;/h6-10,13,17H,11-12H2,1-5H3;5-9,12,16H,10-11H2,1-4H3;5-9,12-13,16H,10-11H2,1-4H3;1H4/t17-,22-;2*16-,21-;/m000./s1/i;;;1T. The minimum Gasteiger partial charge on any atom is -0.294 e. The lowest BCUT2D eigenvalue weighted by Gasteiger charge is -2.50. The predicted molar refractivity (Wildman–Crippen MR) is 312 cm³/mol. The molecule has 3 aromatic carbocycles. The molecule has 0 aliphatic heterocycles. The van der Waals surface area contributed by atoms with Gasteiger partial charge >= 0.3 is 0 Å². The number of allylic oxidation sites excluding steroid dienone is 6. The fraction of sp³-hybridized carbons (Fsp3) is 0.446. The van der Waals surface area contributed by atoms with Crippen LogP contribution in [0.15, 0.2) is 124 Å². The average Bonchev–Trinajstić information content (AvgIpc) is 4.12. The van der Waals surface area contributed by atoms with Gasteiger partial charge in [-0.15, -0.1) is 0 Å². The first-order chi connectivity index (χ1) is 35.9. The second-order valence-electron chi connectivity index (χ2n) is 24.5. The Morgan fingerprint density at radius 1 is 0.507 bits per heavy atom. The van der Waals surface area contributed by atoms with Crippen LogP contribution in [0.2, 0.25) is 0 Å². The maximum Gasteiger partial charge on any atom is 0.174 e. The number of benzene rings is 3. The molecule has 0 saturated carbocycles. The van der Waals surface area contributed by atoms with Crippen molar-refractivity contribution in [2.45, 2.75) is 131 Å². The number of hydrogen-bond acceptors (Lipinski definition) is 6. The minimum atomic E-state index is -0.345. The summed E-state index contributed by atoms with van der Waals surface area (Å²) in [5.41, 5.74) is 14.1. The van der Waals surface area contributed by atoms with Crippen LogP contribution in [0, 0.1) is 34.0 Å². The molecule has 3 heterocycles. The van der Waals surface area contributed by atoms with Gasteiger partial charge in [0.05, 0.1) is 37.7 Å². The highest BCUT2D eigenvalue weighted by atomic mass is 127. The molecule has 0 fully saturated rings. The van der Waals surface area contributed by atoms with Crippen molar-refractivity contribution in [1.29, 1.82) is 0 Å².